The Morgan fingerprint density at radius 1 is 1.45 bits per heavy atom. The topological polar surface area (TPSA) is 57.6 Å². The fraction of sp³-hybridized carbons (Fsp3) is 0.529. The minimum absolute atomic E-state index is 0.0496. The van der Waals surface area contributed by atoms with Crippen molar-refractivity contribution in [2.24, 2.45) is 5.92 Å². The average molecular weight is 368 g/mol. The molecule has 1 N–H and O–H groups in total. The minimum atomic E-state index is -0.933. The molecule has 1 aliphatic heterocycles. The number of unbranched alkanes of at least 4 members (excludes halogenated alkanes) is 1. The van der Waals surface area contributed by atoms with Crippen LogP contribution in [0.5, 0.6) is 0 Å². The van der Waals surface area contributed by atoms with Crippen LogP contribution < -0.4 is 0 Å². The Hall–Kier alpha value is -1.36. The fourth-order valence-corrected chi connectivity index (χ4v) is 3.52. The van der Waals surface area contributed by atoms with Crippen molar-refractivity contribution in [3.8, 4) is 0 Å². The molecule has 1 amide bonds. The molecule has 1 aromatic rings. The van der Waals surface area contributed by atoms with Crippen LogP contribution in [0.1, 0.15) is 44.2 Å². The van der Waals surface area contributed by atoms with Crippen molar-refractivity contribution in [2.45, 2.75) is 52.1 Å². The van der Waals surface area contributed by atoms with Crippen LogP contribution in [0, 0.1) is 5.92 Å². The molecule has 4 nitrogen and oxygen atoms in total. The Morgan fingerprint density at radius 3 is 2.82 bits per heavy atom. The number of carboxylic acid groups (broad SMARTS) is 1. The number of hydrogen-bond acceptors (Lipinski definition) is 2. The van der Waals surface area contributed by atoms with Crippen LogP contribution in [0.3, 0.4) is 0 Å². The second-order valence-corrected chi connectivity index (χ2v) is 6.80. The van der Waals surface area contributed by atoms with Crippen molar-refractivity contribution in [1.82, 2.24) is 4.90 Å². The zero-order valence-corrected chi connectivity index (χ0v) is 14.6. The summed E-state index contributed by atoms with van der Waals surface area (Å²) < 4.78 is 0.919. The molecule has 1 aliphatic rings. The largest absolute Gasteiger partial charge is 0.480 e. The second-order valence-electron chi connectivity index (χ2n) is 5.95. The average Bonchev–Trinajstić information content (AvgIpc) is 2.51. The molecule has 0 aromatic heterocycles. The molecule has 1 aromatic carbocycles. The van der Waals surface area contributed by atoms with E-state index in [1.54, 1.807) is 0 Å². The van der Waals surface area contributed by atoms with Crippen LogP contribution in [0.2, 0.25) is 0 Å². The summed E-state index contributed by atoms with van der Waals surface area (Å²) in [6.45, 7) is 4.36. The molecule has 0 fully saturated rings. The molecule has 0 radical (unpaired) electrons. The lowest BCUT2D eigenvalue weighted by atomic mass is 9.92. The summed E-state index contributed by atoms with van der Waals surface area (Å²) in [6.07, 6.45) is 3.19. The Kier molecular flexibility index (Phi) is 5.62. The van der Waals surface area contributed by atoms with E-state index in [-0.39, 0.29) is 11.8 Å². The fourth-order valence-electron chi connectivity index (χ4n) is 2.95. The van der Waals surface area contributed by atoms with E-state index in [9.17, 15) is 14.7 Å². The zero-order chi connectivity index (χ0) is 16.3. The van der Waals surface area contributed by atoms with E-state index < -0.39 is 12.0 Å². The van der Waals surface area contributed by atoms with E-state index in [0.717, 1.165) is 34.9 Å². The van der Waals surface area contributed by atoms with E-state index in [2.05, 4.69) is 22.9 Å². The van der Waals surface area contributed by atoms with Crippen molar-refractivity contribution in [1.29, 1.82) is 0 Å². The Morgan fingerprint density at radius 2 is 2.18 bits per heavy atom. The maximum Gasteiger partial charge on any atom is 0.326 e. The normalized spacial score (nSPS) is 18.7. The van der Waals surface area contributed by atoms with E-state index in [0.29, 0.717) is 13.0 Å². The highest BCUT2D eigenvalue weighted by Gasteiger charge is 2.36. The van der Waals surface area contributed by atoms with Gasteiger partial charge in [0, 0.05) is 23.4 Å². The maximum atomic E-state index is 12.7. The molecule has 5 heteroatoms. The summed E-state index contributed by atoms with van der Waals surface area (Å²) in [5.41, 5.74) is 2.03. The Bertz CT molecular complexity index is 573. The number of fused-ring (bicyclic) bond motifs is 1. The predicted molar refractivity (Wildman–Crippen MR) is 88.5 cm³/mol. The van der Waals surface area contributed by atoms with E-state index in [4.69, 9.17) is 0 Å². The van der Waals surface area contributed by atoms with Crippen LogP contribution in [0.4, 0.5) is 0 Å². The van der Waals surface area contributed by atoms with Gasteiger partial charge < -0.3 is 10.0 Å². The van der Waals surface area contributed by atoms with Crippen molar-refractivity contribution < 1.29 is 14.7 Å². The number of halogens is 1. The van der Waals surface area contributed by atoms with Gasteiger partial charge in [-0.15, -0.1) is 0 Å². The monoisotopic (exact) mass is 367 g/mol. The summed E-state index contributed by atoms with van der Waals surface area (Å²) >= 11 is 3.48. The standard InChI is InChI=1S/C17H22BrNO3/c1-3-4-6-11(2)16(20)19-10-12-7-5-8-14(18)13(12)9-15(19)17(21)22/h5,7-8,11,15H,3-4,6,9-10H2,1-2H3,(H,21,22). The quantitative estimate of drug-likeness (QED) is 0.864. The lowest BCUT2D eigenvalue weighted by Crippen LogP contribution is -2.50. The third-order valence-corrected chi connectivity index (χ3v) is 5.05. The number of aliphatic carboxylic acids is 1. The molecule has 0 spiro atoms. The van der Waals surface area contributed by atoms with Gasteiger partial charge in [0.2, 0.25) is 5.91 Å². The highest BCUT2D eigenvalue weighted by atomic mass is 79.9. The van der Waals surface area contributed by atoms with Gasteiger partial charge >= 0.3 is 5.97 Å². The first kappa shape index (κ1) is 17.0. The van der Waals surface area contributed by atoms with Gasteiger partial charge in [-0.1, -0.05) is 54.8 Å². The van der Waals surface area contributed by atoms with Gasteiger partial charge in [-0.05, 0) is 23.6 Å². The summed E-state index contributed by atoms with van der Waals surface area (Å²) in [4.78, 5) is 25.8. The van der Waals surface area contributed by atoms with Gasteiger partial charge in [0.15, 0.2) is 0 Å². The van der Waals surface area contributed by atoms with Crippen LogP contribution in [-0.4, -0.2) is 27.9 Å². The van der Waals surface area contributed by atoms with Gasteiger partial charge in [0.1, 0.15) is 6.04 Å². The molecule has 1 heterocycles. The van der Waals surface area contributed by atoms with Gasteiger partial charge in [-0.3, -0.25) is 4.79 Å². The number of carboxylic acids is 1. The number of hydrogen-bond donors (Lipinski definition) is 1. The number of amides is 1. The van der Waals surface area contributed by atoms with E-state index in [1.807, 2.05) is 25.1 Å². The molecular weight excluding hydrogens is 346 g/mol. The second kappa shape index (κ2) is 7.27. The first-order valence-electron chi connectivity index (χ1n) is 7.75. The molecule has 2 atom stereocenters. The Labute approximate surface area is 139 Å². The minimum Gasteiger partial charge on any atom is -0.480 e. The number of carbonyl (C=O) groups excluding carboxylic acids is 1. The van der Waals surface area contributed by atoms with E-state index in [1.165, 1.54) is 4.90 Å². The maximum absolute atomic E-state index is 12.7. The lowest BCUT2D eigenvalue weighted by molar-refractivity contribution is -0.153. The van der Waals surface area contributed by atoms with Gasteiger partial charge in [0.25, 0.3) is 0 Å². The van der Waals surface area contributed by atoms with Crippen molar-refractivity contribution >= 4 is 27.8 Å². The van der Waals surface area contributed by atoms with Crippen molar-refractivity contribution in [3.05, 3.63) is 33.8 Å². The number of nitrogens with zero attached hydrogens (tertiary/aromatic N) is 1. The molecule has 0 bridgehead atoms. The molecule has 0 saturated heterocycles. The predicted octanol–water partition coefficient (Wildman–Crippen LogP) is 3.61. The Balaban J connectivity index is 2.26. The molecular formula is C17H22BrNO3. The van der Waals surface area contributed by atoms with Gasteiger partial charge in [-0.25, -0.2) is 4.79 Å². The van der Waals surface area contributed by atoms with E-state index >= 15 is 0 Å². The molecule has 2 rings (SSSR count). The third-order valence-electron chi connectivity index (χ3n) is 4.31. The summed E-state index contributed by atoms with van der Waals surface area (Å²) in [7, 11) is 0. The first-order chi connectivity index (χ1) is 10.5. The highest BCUT2D eigenvalue weighted by Crippen LogP contribution is 2.30. The number of benzene rings is 1. The molecule has 2 unspecified atom stereocenters. The number of carbonyl (C=O) groups is 2. The SMILES string of the molecule is CCCCC(C)C(=O)N1Cc2cccc(Br)c2CC1C(=O)O. The van der Waals surface area contributed by atoms with Crippen LogP contribution in [0.15, 0.2) is 22.7 Å². The van der Waals surface area contributed by atoms with Crippen LogP contribution in [-0.2, 0) is 22.6 Å². The number of rotatable bonds is 5. The first-order valence-corrected chi connectivity index (χ1v) is 8.54. The third kappa shape index (κ3) is 3.51. The molecule has 22 heavy (non-hydrogen) atoms. The van der Waals surface area contributed by atoms with Crippen LogP contribution in [0.25, 0.3) is 0 Å². The zero-order valence-electron chi connectivity index (χ0n) is 13.0. The highest BCUT2D eigenvalue weighted by molar-refractivity contribution is 9.10. The smallest absolute Gasteiger partial charge is 0.326 e. The lowest BCUT2D eigenvalue weighted by Gasteiger charge is -2.36. The van der Waals surface area contributed by atoms with Crippen molar-refractivity contribution in [2.75, 3.05) is 0 Å². The van der Waals surface area contributed by atoms with Crippen LogP contribution >= 0.6 is 15.9 Å². The summed E-state index contributed by atoms with van der Waals surface area (Å²) in [5, 5.41) is 9.52. The molecule has 120 valence electrons. The summed E-state index contributed by atoms with van der Waals surface area (Å²) in [5.74, 6) is -1.11. The summed E-state index contributed by atoms with van der Waals surface area (Å²) in [6, 6.07) is 5.03. The van der Waals surface area contributed by atoms with Gasteiger partial charge in [-0.2, -0.15) is 0 Å². The van der Waals surface area contributed by atoms with Crippen molar-refractivity contribution in [3.63, 3.8) is 0 Å². The molecule has 0 saturated carbocycles. The molecule has 0 aliphatic carbocycles. The van der Waals surface area contributed by atoms with Gasteiger partial charge in [0.05, 0.1) is 0 Å².